The molecular formula is C12H17NO2. The fourth-order valence-corrected chi connectivity index (χ4v) is 1.79. The van der Waals surface area contributed by atoms with Crippen LogP contribution in [0.25, 0.3) is 0 Å². The molecule has 1 heterocycles. The third-order valence-corrected chi connectivity index (χ3v) is 2.65. The Bertz CT molecular complexity index is 350. The summed E-state index contributed by atoms with van der Waals surface area (Å²) in [6, 6.07) is 4.14. The van der Waals surface area contributed by atoms with Crippen molar-refractivity contribution >= 4 is 0 Å². The van der Waals surface area contributed by atoms with Crippen molar-refractivity contribution in [2.75, 3.05) is 19.8 Å². The maximum absolute atomic E-state index is 5.54. The van der Waals surface area contributed by atoms with Crippen LogP contribution in [-0.4, -0.2) is 19.8 Å². The van der Waals surface area contributed by atoms with Crippen LogP contribution in [0.1, 0.15) is 17.5 Å². The van der Waals surface area contributed by atoms with Gasteiger partial charge in [0.1, 0.15) is 13.2 Å². The molecule has 0 saturated carbocycles. The lowest BCUT2D eigenvalue weighted by atomic mass is 10.0. The van der Waals surface area contributed by atoms with Gasteiger partial charge in [0.2, 0.25) is 0 Å². The molecule has 3 heteroatoms. The molecule has 1 aliphatic rings. The van der Waals surface area contributed by atoms with Gasteiger partial charge in [0, 0.05) is 0 Å². The quantitative estimate of drug-likeness (QED) is 0.819. The van der Waals surface area contributed by atoms with E-state index in [0.717, 1.165) is 30.9 Å². The molecule has 0 saturated heterocycles. The largest absolute Gasteiger partial charge is 0.486 e. The minimum atomic E-state index is 0.645. The number of aryl methyl sites for hydroxylation is 2. The molecule has 0 radical (unpaired) electrons. The predicted molar refractivity (Wildman–Crippen MR) is 59.5 cm³/mol. The number of fused-ring (bicyclic) bond motifs is 1. The zero-order valence-corrected chi connectivity index (χ0v) is 9.08. The van der Waals surface area contributed by atoms with Gasteiger partial charge in [-0.25, -0.2) is 0 Å². The topological polar surface area (TPSA) is 44.5 Å². The molecule has 0 atom stereocenters. The van der Waals surface area contributed by atoms with Crippen molar-refractivity contribution in [2.24, 2.45) is 5.73 Å². The van der Waals surface area contributed by atoms with Crippen LogP contribution in [0.2, 0.25) is 0 Å². The Morgan fingerprint density at radius 1 is 1.20 bits per heavy atom. The molecule has 2 N–H and O–H groups in total. The van der Waals surface area contributed by atoms with Gasteiger partial charge in [0.05, 0.1) is 0 Å². The second-order valence-corrected chi connectivity index (χ2v) is 3.81. The third-order valence-electron chi connectivity index (χ3n) is 2.65. The summed E-state index contributed by atoms with van der Waals surface area (Å²) in [4.78, 5) is 0. The molecule has 2 rings (SSSR count). The standard InChI is InChI=1S/C12H17NO2/c1-9-7-11-12(15-6-5-14-11)8-10(9)3-2-4-13/h7-8H,2-6,13H2,1H3. The van der Waals surface area contributed by atoms with E-state index in [1.165, 1.54) is 11.1 Å². The van der Waals surface area contributed by atoms with Gasteiger partial charge >= 0.3 is 0 Å². The molecule has 1 aromatic carbocycles. The van der Waals surface area contributed by atoms with Crippen LogP contribution < -0.4 is 15.2 Å². The number of hydrogen-bond donors (Lipinski definition) is 1. The maximum Gasteiger partial charge on any atom is 0.161 e. The van der Waals surface area contributed by atoms with Gasteiger partial charge in [0.15, 0.2) is 11.5 Å². The van der Waals surface area contributed by atoms with Crippen LogP contribution in [0.15, 0.2) is 12.1 Å². The smallest absolute Gasteiger partial charge is 0.161 e. The highest BCUT2D eigenvalue weighted by Gasteiger charge is 2.13. The molecular weight excluding hydrogens is 190 g/mol. The van der Waals surface area contributed by atoms with E-state index in [4.69, 9.17) is 15.2 Å². The van der Waals surface area contributed by atoms with E-state index in [-0.39, 0.29) is 0 Å². The van der Waals surface area contributed by atoms with E-state index >= 15 is 0 Å². The van der Waals surface area contributed by atoms with Gasteiger partial charge in [-0.3, -0.25) is 0 Å². The first kappa shape index (κ1) is 10.3. The summed E-state index contributed by atoms with van der Waals surface area (Å²) < 4.78 is 11.1. The average molecular weight is 207 g/mol. The zero-order chi connectivity index (χ0) is 10.7. The molecule has 0 aliphatic carbocycles. The van der Waals surface area contributed by atoms with E-state index in [9.17, 15) is 0 Å². The van der Waals surface area contributed by atoms with Gasteiger partial charge in [0.25, 0.3) is 0 Å². The van der Waals surface area contributed by atoms with E-state index < -0.39 is 0 Å². The first-order valence-electron chi connectivity index (χ1n) is 5.40. The highest BCUT2D eigenvalue weighted by molar-refractivity contribution is 5.47. The van der Waals surface area contributed by atoms with Gasteiger partial charge in [-0.1, -0.05) is 0 Å². The lowest BCUT2D eigenvalue weighted by Crippen LogP contribution is -2.16. The fraction of sp³-hybridized carbons (Fsp3) is 0.500. The lowest BCUT2D eigenvalue weighted by molar-refractivity contribution is 0.171. The van der Waals surface area contributed by atoms with Gasteiger partial charge in [-0.2, -0.15) is 0 Å². The number of benzene rings is 1. The van der Waals surface area contributed by atoms with E-state index in [1.807, 2.05) is 0 Å². The number of rotatable bonds is 3. The number of hydrogen-bond acceptors (Lipinski definition) is 3. The van der Waals surface area contributed by atoms with Crippen molar-refractivity contribution < 1.29 is 9.47 Å². The second-order valence-electron chi connectivity index (χ2n) is 3.81. The second kappa shape index (κ2) is 4.53. The third kappa shape index (κ3) is 2.23. The molecule has 0 spiro atoms. The SMILES string of the molecule is Cc1cc2c(cc1CCCN)OCCO2. The highest BCUT2D eigenvalue weighted by atomic mass is 16.6. The van der Waals surface area contributed by atoms with Crippen LogP contribution >= 0.6 is 0 Å². The zero-order valence-electron chi connectivity index (χ0n) is 9.08. The first-order valence-corrected chi connectivity index (χ1v) is 5.40. The monoisotopic (exact) mass is 207 g/mol. The molecule has 15 heavy (non-hydrogen) atoms. The Morgan fingerprint density at radius 2 is 1.87 bits per heavy atom. The summed E-state index contributed by atoms with van der Waals surface area (Å²) in [5.74, 6) is 1.74. The Hall–Kier alpha value is -1.22. The molecule has 0 fully saturated rings. The van der Waals surface area contributed by atoms with Crippen molar-refractivity contribution in [2.45, 2.75) is 19.8 Å². The van der Waals surface area contributed by atoms with Crippen LogP contribution in [-0.2, 0) is 6.42 Å². The molecule has 0 unspecified atom stereocenters. The number of ether oxygens (including phenoxy) is 2. The summed E-state index contributed by atoms with van der Waals surface area (Å²) in [5.41, 5.74) is 8.08. The van der Waals surface area contributed by atoms with Crippen LogP contribution in [0.3, 0.4) is 0 Å². The Morgan fingerprint density at radius 3 is 2.53 bits per heavy atom. The summed E-state index contributed by atoms with van der Waals surface area (Å²) in [6.45, 7) is 4.12. The summed E-state index contributed by atoms with van der Waals surface area (Å²) in [5, 5.41) is 0. The number of nitrogens with two attached hydrogens (primary N) is 1. The Kier molecular flexibility index (Phi) is 3.11. The lowest BCUT2D eigenvalue weighted by Gasteiger charge is -2.20. The fourth-order valence-electron chi connectivity index (χ4n) is 1.79. The molecule has 0 aromatic heterocycles. The van der Waals surface area contributed by atoms with Gasteiger partial charge in [-0.05, 0) is 49.6 Å². The summed E-state index contributed by atoms with van der Waals surface area (Å²) in [6.07, 6.45) is 2.03. The summed E-state index contributed by atoms with van der Waals surface area (Å²) >= 11 is 0. The first-order chi connectivity index (χ1) is 7.31. The van der Waals surface area contributed by atoms with E-state index in [0.29, 0.717) is 13.2 Å². The molecule has 3 nitrogen and oxygen atoms in total. The minimum absolute atomic E-state index is 0.645. The van der Waals surface area contributed by atoms with E-state index in [2.05, 4.69) is 19.1 Å². The normalized spacial score (nSPS) is 14.0. The minimum Gasteiger partial charge on any atom is -0.486 e. The van der Waals surface area contributed by atoms with Crippen molar-refractivity contribution in [3.8, 4) is 11.5 Å². The predicted octanol–water partition coefficient (Wildman–Crippen LogP) is 1.66. The van der Waals surface area contributed by atoms with Crippen molar-refractivity contribution in [3.05, 3.63) is 23.3 Å². The maximum atomic E-state index is 5.54. The molecule has 82 valence electrons. The van der Waals surface area contributed by atoms with Crippen LogP contribution in [0.5, 0.6) is 11.5 Å². The van der Waals surface area contributed by atoms with Crippen molar-refractivity contribution in [1.29, 1.82) is 0 Å². The van der Waals surface area contributed by atoms with Gasteiger partial charge < -0.3 is 15.2 Å². The van der Waals surface area contributed by atoms with Crippen molar-refractivity contribution in [3.63, 3.8) is 0 Å². The van der Waals surface area contributed by atoms with Crippen LogP contribution in [0.4, 0.5) is 0 Å². The van der Waals surface area contributed by atoms with E-state index in [1.54, 1.807) is 0 Å². The average Bonchev–Trinajstić information content (AvgIpc) is 2.26. The summed E-state index contributed by atoms with van der Waals surface area (Å²) in [7, 11) is 0. The molecule has 0 bridgehead atoms. The molecule has 0 amide bonds. The highest BCUT2D eigenvalue weighted by Crippen LogP contribution is 2.33. The molecule has 1 aromatic rings. The molecule has 1 aliphatic heterocycles. The van der Waals surface area contributed by atoms with Crippen LogP contribution in [0, 0.1) is 6.92 Å². The Balaban J connectivity index is 2.24. The Labute approximate surface area is 90.2 Å². The van der Waals surface area contributed by atoms with Gasteiger partial charge in [-0.15, -0.1) is 0 Å². The van der Waals surface area contributed by atoms with Crippen molar-refractivity contribution in [1.82, 2.24) is 0 Å².